The second-order valence-electron chi connectivity index (χ2n) is 11.3. The Bertz CT molecular complexity index is 2270. The largest absolute Gasteiger partial charge is 0.349 e. The van der Waals surface area contributed by atoms with Crippen LogP contribution in [-0.2, 0) is 13.1 Å². The maximum absolute atomic E-state index is 14.5. The zero-order valence-corrected chi connectivity index (χ0v) is 27.1. The molecule has 6 aromatic rings. The molecule has 4 heterocycles. The Hall–Kier alpha value is -5.32. The van der Waals surface area contributed by atoms with Gasteiger partial charge in [0.2, 0.25) is 0 Å². The molecule has 8 rings (SSSR count). The molecule has 48 heavy (non-hydrogen) atoms. The fraction of sp³-hybridized carbons (Fsp3) is 0.111. The summed E-state index contributed by atoms with van der Waals surface area (Å²) in [7, 11) is 0. The lowest BCUT2D eigenvalue weighted by Gasteiger charge is -2.18. The highest BCUT2D eigenvalue weighted by Gasteiger charge is 2.24. The number of halogens is 4. The van der Waals surface area contributed by atoms with Crippen LogP contribution < -0.4 is 10.6 Å². The van der Waals surface area contributed by atoms with Gasteiger partial charge in [-0.05, 0) is 66.7 Å². The van der Waals surface area contributed by atoms with Crippen molar-refractivity contribution in [2.75, 3.05) is 13.1 Å². The molecule has 0 atom stereocenters. The van der Waals surface area contributed by atoms with E-state index in [0.717, 1.165) is 32.9 Å². The molecular formula is C36H22Cl3FN6O2. The van der Waals surface area contributed by atoms with Gasteiger partial charge in [-0.1, -0.05) is 40.9 Å². The minimum atomic E-state index is -0.463. The average Bonchev–Trinajstić information content (AvgIpc) is 3.65. The van der Waals surface area contributed by atoms with Crippen molar-refractivity contribution in [1.29, 1.82) is 10.5 Å². The number of nitriles is 2. The van der Waals surface area contributed by atoms with E-state index in [1.54, 1.807) is 54.6 Å². The molecule has 8 nitrogen and oxygen atoms in total. The molecule has 2 N–H and O–H groups in total. The summed E-state index contributed by atoms with van der Waals surface area (Å²) in [6.45, 7) is 2.36. The van der Waals surface area contributed by atoms with Crippen LogP contribution in [0, 0.1) is 28.5 Å². The van der Waals surface area contributed by atoms with E-state index in [0.29, 0.717) is 74.9 Å². The van der Waals surface area contributed by atoms with Crippen molar-refractivity contribution in [1.82, 2.24) is 19.8 Å². The number of nitrogens with zero attached hydrogens (tertiary/aromatic N) is 4. The van der Waals surface area contributed by atoms with Gasteiger partial charge in [-0.15, -0.1) is 0 Å². The first-order chi connectivity index (χ1) is 23.2. The summed E-state index contributed by atoms with van der Waals surface area (Å²) < 4.78 is 18.3. The fourth-order valence-electron chi connectivity index (χ4n) is 6.37. The minimum Gasteiger partial charge on any atom is -0.349 e. The highest BCUT2D eigenvalue weighted by atomic mass is 35.5. The van der Waals surface area contributed by atoms with Crippen LogP contribution in [0.5, 0.6) is 0 Å². The minimum absolute atomic E-state index is 0.107. The summed E-state index contributed by atoms with van der Waals surface area (Å²) >= 11 is 18.2. The molecule has 2 aliphatic heterocycles. The summed E-state index contributed by atoms with van der Waals surface area (Å²) in [5.41, 5.74) is 6.25. The molecule has 0 bridgehead atoms. The van der Waals surface area contributed by atoms with E-state index in [-0.39, 0.29) is 11.8 Å². The molecule has 0 radical (unpaired) electrons. The first-order valence-electron chi connectivity index (χ1n) is 14.8. The summed E-state index contributed by atoms with van der Waals surface area (Å²) in [6.07, 6.45) is 0. The van der Waals surface area contributed by atoms with Gasteiger partial charge in [0.1, 0.15) is 17.2 Å². The van der Waals surface area contributed by atoms with Crippen LogP contribution in [0.15, 0.2) is 72.8 Å². The number of amides is 2. The molecule has 236 valence electrons. The zero-order chi connectivity index (χ0) is 33.7. The fourth-order valence-corrected chi connectivity index (χ4v) is 7.04. The molecule has 0 spiro atoms. The van der Waals surface area contributed by atoms with Crippen molar-refractivity contribution in [3.8, 4) is 34.4 Å². The normalized spacial score (nSPS) is 13.5. The van der Waals surface area contributed by atoms with Crippen molar-refractivity contribution in [3.63, 3.8) is 0 Å². The predicted octanol–water partition coefficient (Wildman–Crippen LogP) is 7.95. The maximum Gasteiger partial charge on any atom is 0.268 e. The first kappa shape index (κ1) is 31.3. The van der Waals surface area contributed by atoms with Gasteiger partial charge in [-0.2, -0.15) is 10.5 Å². The standard InChI is InChI=1S/C18H11Cl2N3O.C18H11ClFN3O/c2*19-12-1-2-13(15(20)8-12)14-6-10(9-21)5-11-7-16-18(24)22-3-4-23(16)17(11)14/h2*1-2,5-8H,3-4H2,(H,22,24). The van der Waals surface area contributed by atoms with E-state index >= 15 is 0 Å². The van der Waals surface area contributed by atoms with Crippen LogP contribution in [0.2, 0.25) is 15.1 Å². The quantitative estimate of drug-likeness (QED) is 0.191. The number of benzene rings is 4. The lowest BCUT2D eigenvalue weighted by Crippen LogP contribution is -2.34. The average molecular weight is 696 g/mol. The third-order valence-electron chi connectivity index (χ3n) is 8.39. The SMILES string of the molecule is N#Cc1cc(-c2ccc(Cl)cc2Cl)c2c(c1)cc1n2CCNC1=O.N#Cc1cc(-c2ccc(Cl)cc2F)c2c(c1)cc1n2CCNC1=O. The van der Waals surface area contributed by atoms with Crippen molar-refractivity contribution in [2.45, 2.75) is 13.1 Å². The lowest BCUT2D eigenvalue weighted by molar-refractivity contribution is 0.0921. The van der Waals surface area contributed by atoms with Gasteiger partial charge in [0, 0.05) is 74.3 Å². The van der Waals surface area contributed by atoms with Crippen molar-refractivity contribution < 1.29 is 14.0 Å². The van der Waals surface area contributed by atoms with E-state index in [9.17, 15) is 24.5 Å². The third-order valence-corrected chi connectivity index (χ3v) is 9.18. The van der Waals surface area contributed by atoms with Crippen molar-refractivity contribution in [3.05, 3.63) is 116 Å². The van der Waals surface area contributed by atoms with Gasteiger partial charge in [-0.25, -0.2) is 4.39 Å². The lowest BCUT2D eigenvalue weighted by atomic mass is 9.99. The van der Waals surface area contributed by atoms with E-state index in [2.05, 4.69) is 22.8 Å². The molecule has 12 heteroatoms. The molecule has 0 saturated heterocycles. The Labute approximate surface area is 288 Å². The summed E-state index contributed by atoms with van der Waals surface area (Å²) in [5, 5.41) is 27.2. The zero-order valence-electron chi connectivity index (χ0n) is 24.9. The van der Waals surface area contributed by atoms with Gasteiger partial charge < -0.3 is 19.8 Å². The predicted molar refractivity (Wildman–Crippen MR) is 184 cm³/mol. The Balaban J connectivity index is 0.000000152. The number of carbonyl (C=O) groups excluding carboxylic acids is 2. The van der Waals surface area contributed by atoms with E-state index in [1.807, 2.05) is 21.3 Å². The molecule has 2 amide bonds. The third kappa shape index (κ3) is 5.42. The summed E-state index contributed by atoms with van der Waals surface area (Å²) in [4.78, 5) is 24.2. The van der Waals surface area contributed by atoms with Crippen LogP contribution in [0.4, 0.5) is 4.39 Å². The van der Waals surface area contributed by atoms with E-state index in [1.165, 1.54) is 6.07 Å². The Morgan fingerprint density at radius 1 is 0.625 bits per heavy atom. The van der Waals surface area contributed by atoms with Gasteiger partial charge in [0.25, 0.3) is 11.8 Å². The Kier molecular flexibility index (Phi) is 8.06. The smallest absolute Gasteiger partial charge is 0.268 e. The van der Waals surface area contributed by atoms with E-state index < -0.39 is 5.82 Å². The van der Waals surface area contributed by atoms with Crippen LogP contribution in [-0.4, -0.2) is 34.0 Å². The molecule has 2 aliphatic rings. The second-order valence-corrected chi connectivity index (χ2v) is 12.5. The molecule has 0 unspecified atom stereocenters. The monoisotopic (exact) mass is 694 g/mol. The van der Waals surface area contributed by atoms with Gasteiger partial charge in [0.15, 0.2) is 0 Å². The maximum atomic E-state index is 14.5. The topological polar surface area (TPSA) is 116 Å². The van der Waals surface area contributed by atoms with Gasteiger partial charge >= 0.3 is 0 Å². The number of fused-ring (bicyclic) bond motifs is 6. The highest BCUT2D eigenvalue weighted by Crippen LogP contribution is 2.38. The molecule has 2 aromatic heterocycles. The first-order valence-corrected chi connectivity index (χ1v) is 15.9. The number of nitrogens with one attached hydrogen (secondary N) is 2. The molecule has 0 aliphatic carbocycles. The number of aromatic nitrogens is 2. The highest BCUT2D eigenvalue weighted by molar-refractivity contribution is 6.36. The number of hydrogen-bond acceptors (Lipinski definition) is 4. The number of carbonyl (C=O) groups is 2. The number of hydrogen-bond donors (Lipinski definition) is 2. The molecular weight excluding hydrogens is 674 g/mol. The number of rotatable bonds is 2. The van der Waals surface area contributed by atoms with Crippen LogP contribution in [0.25, 0.3) is 44.1 Å². The summed E-state index contributed by atoms with van der Waals surface area (Å²) in [5.74, 6) is -0.739. The molecule has 0 saturated carbocycles. The van der Waals surface area contributed by atoms with Crippen molar-refractivity contribution >= 4 is 68.4 Å². The van der Waals surface area contributed by atoms with Crippen molar-refractivity contribution in [2.24, 2.45) is 0 Å². The Morgan fingerprint density at radius 2 is 1.10 bits per heavy atom. The molecule has 4 aromatic carbocycles. The Morgan fingerprint density at radius 3 is 1.58 bits per heavy atom. The van der Waals surface area contributed by atoms with Gasteiger partial charge in [0.05, 0.1) is 34.3 Å². The van der Waals surface area contributed by atoms with E-state index in [4.69, 9.17) is 34.8 Å². The van der Waals surface area contributed by atoms with Crippen LogP contribution in [0.3, 0.4) is 0 Å². The van der Waals surface area contributed by atoms with Gasteiger partial charge in [-0.3, -0.25) is 9.59 Å². The molecule has 0 fully saturated rings. The van der Waals surface area contributed by atoms with Crippen LogP contribution in [0.1, 0.15) is 32.1 Å². The second kappa shape index (κ2) is 12.4. The van der Waals surface area contributed by atoms with Crippen LogP contribution >= 0.6 is 34.8 Å². The summed E-state index contributed by atoms with van der Waals surface area (Å²) in [6, 6.07) is 24.5.